The molecule has 1 aliphatic heterocycles. The number of benzene rings is 1. The summed E-state index contributed by atoms with van der Waals surface area (Å²) in [7, 11) is 0. The van der Waals surface area contributed by atoms with Crippen molar-refractivity contribution in [2.45, 2.75) is 57.5 Å². The minimum atomic E-state index is 0.167. The van der Waals surface area contributed by atoms with Gasteiger partial charge in [-0.1, -0.05) is 18.1 Å². The number of piperidine rings is 1. The van der Waals surface area contributed by atoms with Gasteiger partial charge in [0.2, 0.25) is 0 Å². The van der Waals surface area contributed by atoms with Crippen molar-refractivity contribution in [2.24, 2.45) is 5.92 Å². The zero-order valence-electron chi connectivity index (χ0n) is 15.9. The number of tetrazole rings is 1. The molecule has 1 N–H and O–H groups in total. The van der Waals surface area contributed by atoms with Crippen LogP contribution < -0.4 is 0 Å². The van der Waals surface area contributed by atoms with E-state index in [0.29, 0.717) is 24.2 Å². The number of aryl methyl sites for hydroxylation is 2. The quantitative estimate of drug-likeness (QED) is 0.752. The van der Waals surface area contributed by atoms with Crippen molar-refractivity contribution in [1.29, 1.82) is 0 Å². The number of nitrogens with one attached hydrogen (secondary N) is 1. The van der Waals surface area contributed by atoms with Gasteiger partial charge in [-0.15, -0.1) is 10.2 Å². The number of fused-ring (bicyclic) bond motifs is 2. The van der Waals surface area contributed by atoms with E-state index in [9.17, 15) is 4.79 Å². The molecule has 0 bridgehead atoms. The highest BCUT2D eigenvalue weighted by Crippen LogP contribution is 2.36. The second kappa shape index (κ2) is 7.33. The lowest BCUT2D eigenvalue weighted by Crippen LogP contribution is -2.49. The molecule has 1 aromatic carbocycles. The first-order chi connectivity index (χ1) is 13.8. The summed E-state index contributed by atoms with van der Waals surface area (Å²) in [5.74, 6) is 1.54. The van der Waals surface area contributed by atoms with Crippen LogP contribution in [0, 0.1) is 5.92 Å². The number of hydrogen-bond donors (Lipinski definition) is 1. The molecule has 1 amide bonds. The van der Waals surface area contributed by atoms with Crippen LogP contribution in [0.5, 0.6) is 0 Å². The summed E-state index contributed by atoms with van der Waals surface area (Å²) in [5.41, 5.74) is 2.63. The molecule has 1 saturated carbocycles. The number of amides is 1. The van der Waals surface area contributed by atoms with Crippen molar-refractivity contribution < 1.29 is 4.79 Å². The number of likely N-dealkylation sites (tertiary alicyclic amines) is 1. The van der Waals surface area contributed by atoms with Crippen LogP contribution >= 0.6 is 0 Å². The van der Waals surface area contributed by atoms with Crippen molar-refractivity contribution in [3.8, 4) is 0 Å². The Bertz CT molecular complexity index is 962. The molecule has 146 valence electrons. The molecule has 1 saturated heterocycles. The average molecular weight is 379 g/mol. The number of hydrogen-bond acceptors (Lipinski definition) is 5. The average Bonchev–Trinajstić information content (AvgIpc) is 3.40. The third-order valence-electron chi connectivity index (χ3n) is 6.34. The molecule has 2 unspecified atom stereocenters. The van der Waals surface area contributed by atoms with Gasteiger partial charge in [0.15, 0.2) is 5.82 Å². The maximum atomic E-state index is 13.3. The minimum absolute atomic E-state index is 0.167. The molecular formula is C20H25N7O. The Morgan fingerprint density at radius 2 is 2.07 bits per heavy atom. The topological polar surface area (TPSA) is 92.6 Å². The number of nitrogens with zero attached hydrogens (tertiary/aromatic N) is 6. The molecule has 0 spiro atoms. The predicted molar refractivity (Wildman–Crippen MR) is 104 cm³/mol. The Kier molecular flexibility index (Phi) is 4.54. The molecular weight excluding hydrogens is 354 g/mol. The lowest BCUT2D eigenvalue weighted by molar-refractivity contribution is 0.0391. The molecule has 2 fully saturated rings. The highest BCUT2D eigenvalue weighted by Gasteiger charge is 2.36. The maximum absolute atomic E-state index is 13.3. The van der Waals surface area contributed by atoms with E-state index >= 15 is 0 Å². The van der Waals surface area contributed by atoms with Crippen LogP contribution in [-0.4, -0.2) is 53.6 Å². The summed E-state index contributed by atoms with van der Waals surface area (Å²) < 4.78 is 2.07. The molecule has 28 heavy (non-hydrogen) atoms. The molecule has 8 heteroatoms. The van der Waals surface area contributed by atoms with Crippen molar-refractivity contribution in [2.75, 3.05) is 6.54 Å². The lowest BCUT2D eigenvalue weighted by Gasteiger charge is -2.44. The van der Waals surface area contributed by atoms with E-state index < -0.39 is 0 Å². The van der Waals surface area contributed by atoms with E-state index in [-0.39, 0.29) is 5.91 Å². The fraction of sp³-hybridized carbons (Fsp3) is 0.550. The third-order valence-corrected chi connectivity index (χ3v) is 6.34. The Morgan fingerprint density at radius 3 is 2.96 bits per heavy atom. The van der Waals surface area contributed by atoms with Crippen molar-refractivity contribution in [3.63, 3.8) is 0 Å². The Labute approximate surface area is 163 Å². The minimum Gasteiger partial charge on any atom is -0.335 e. The Hall–Kier alpha value is -2.77. The van der Waals surface area contributed by atoms with Gasteiger partial charge in [0, 0.05) is 31.1 Å². The Balaban J connectivity index is 1.35. The van der Waals surface area contributed by atoms with Gasteiger partial charge in [-0.3, -0.25) is 4.79 Å². The summed E-state index contributed by atoms with van der Waals surface area (Å²) in [5, 5.41) is 14.0. The number of aromatic amines is 1. The number of carbonyl (C=O) groups excluding carboxylic acids is 1. The predicted octanol–water partition coefficient (Wildman–Crippen LogP) is 2.59. The van der Waals surface area contributed by atoms with Gasteiger partial charge >= 0.3 is 0 Å². The molecule has 5 rings (SSSR count). The monoisotopic (exact) mass is 379 g/mol. The standard InChI is InChI=1S/C20H25N7O/c28-20(27-10-3-5-14-4-1-2-6-17(14)27)15-7-8-18-16(12-15)21-13-26(18)11-9-19-22-24-25-23-19/h7-8,12-14,17H,1-6,9-11H2,(H,22,23,24,25). The van der Waals surface area contributed by atoms with E-state index in [0.717, 1.165) is 42.5 Å². The van der Waals surface area contributed by atoms with E-state index in [4.69, 9.17) is 0 Å². The molecule has 0 radical (unpaired) electrons. The highest BCUT2D eigenvalue weighted by atomic mass is 16.2. The van der Waals surface area contributed by atoms with E-state index in [1.165, 1.54) is 25.7 Å². The SMILES string of the molecule is O=C(c1ccc2c(c1)ncn2CCc1nn[nH]n1)N1CCCC2CCCCC21. The lowest BCUT2D eigenvalue weighted by atomic mass is 9.78. The van der Waals surface area contributed by atoms with Gasteiger partial charge in [-0.05, 0) is 49.8 Å². The van der Waals surface area contributed by atoms with Gasteiger partial charge in [0.05, 0.1) is 17.4 Å². The van der Waals surface area contributed by atoms with E-state index in [1.54, 1.807) is 0 Å². The number of rotatable bonds is 4. The maximum Gasteiger partial charge on any atom is 0.254 e. The molecule has 1 aliphatic carbocycles. The normalized spacial score (nSPS) is 22.4. The largest absolute Gasteiger partial charge is 0.335 e. The number of carbonyl (C=O) groups is 1. The van der Waals surface area contributed by atoms with Crippen LogP contribution in [0.25, 0.3) is 11.0 Å². The van der Waals surface area contributed by atoms with Crippen LogP contribution in [0.15, 0.2) is 24.5 Å². The molecule has 3 aromatic rings. The van der Waals surface area contributed by atoms with Gasteiger partial charge in [0.1, 0.15) is 0 Å². The van der Waals surface area contributed by atoms with Crippen molar-refractivity contribution in [1.82, 2.24) is 35.1 Å². The summed E-state index contributed by atoms with van der Waals surface area (Å²) in [4.78, 5) is 19.9. The zero-order valence-corrected chi connectivity index (χ0v) is 15.9. The fourth-order valence-corrected chi connectivity index (χ4v) is 4.93. The summed E-state index contributed by atoms with van der Waals surface area (Å²) in [6.07, 6.45) is 9.89. The third kappa shape index (κ3) is 3.16. The molecule has 2 aromatic heterocycles. The van der Waals surface area contributed by atoms with E-state index in [1.807, 2.05) is 24.5 Å². The summed E-state index contributed by atoms with van der Waals surface area (Å²) >= 11 is 0. The van der Waals surface area contributed by atoms with Crippen LogP contribution in [0.3, 0.4) is 0 Å². The van der Waals surface area contributed by atoms with Gasteiger partial charge in [0.25, 0.3) is 5.91 Å². The molecule has 8 nitrogen and oxygen atoms in total. The molecule has 3 heterocycles. The summed E-state index contributed by atoms with van der Waals surface area (Å²) in [6.45, 7) is 1.61. The van der Waals surface area contributed by atoms with Crippen LogP contribution in [0.1, 0.15) is 54.7 Å². The number of aromatic nitrogens is 6. The van der Waals surface area contributed by atoms with Gasteiger partial charge in [-0.25, -0.2) is 4.98 Å². The van der Waals surface area contributed by atoms with Crippen molar-refractivity contribution in [3.05, 3.63) is 35.9 Å². The van der Waals surface area contributed by atoms with Crippen LogP contribution in [0.4, 0.5) is 0 Å². The first kappa shape index (κ1) is 17.3. The van der Waals surface area contributed by atoms with Gasteiger partial charge < -0.3 is 9.47 Å². The summed E-state index contributed by atoms with van der Waals surface area (Å²) in [6, 6.07) is 6.32. The highest BCUT2D eigenvalue weighted by molar-refractivity contribution is 5.97. The first-order valence-electron chi connectivity index (χ1n) is 10.3. The number of imidazole rings is 1. The fourth-order valence-electron chi connectivity index (χ4n) is 4.93. The second-order valence-electron chi connectivity index (χ2n) is 7.97. The Morgan fingerprint density at radius 1 is 1.18 bits per heavy atom. The number of H-pyrrole nitrogens is 1. The zero-order chi connectivity index (χ0) is 18.9. The first-order valence-corrected chi connectivity index (χ1v) is 10.3. The van der Waals surface area contributed by atoms with Crippen LogP contribution in [0.2, 0.25) is 0 Å². The van der Waals surface area contributed by atoms with E-state index in [2.05, 4.69) is 35.1 Å². The second-order valence-corrected chi connectivity index (χ2v) is 7.97. The van der Waals surface area contributed by atoms with Gasteiger partial charge in [-0.2, -0.15) is 5.21 Å². The molecule has 2 atom stereocenters. The van der Waals surface area contributed by atoms with Crippen molar-refractivity contribution >= 4 is 16.9 Å². The molecule has 2 aliphatic rings. The van der Waals surface area contributed by atoms with Crippen LogP contribution in [-0.2, 0) is 13.0 Å². The smallest absolute Gasteiger partial charge is 0.254 e.